The summed E-state index contributed by atoms with van der Waals surface area (Å²) in [6.07, 6.45) is 9.66. The second-order valence-corrected chi connectivity index (χ2v) is 11.1. The van der Waals surface area contributed by atoms with Crippen LogP contribution in [-0.4, -0.2) is 61.0 Å². The fourth-order valence-electron chi connectivity index (χ4n) is 3.95. The maximum Gasteiger partial charge on any atom is 0.261 e. The van der Waals surface area contributed by atoms with Crippen molar-refractivity contribution < 1.29 is 18.1 Å². The number of pyridine rings is 2. The molecule has 0 amide bonds. The van der Waals surface area contributed by atoms with Crippen molar-refractivity contribution in [2.45, 2.75) is 51.3 Å². The average Bonchev–Trinajstić information content (AvgIpc) is 3.39. The van der Waals surface area contributed by atoms with E-state index in [0.717, 1.165) is 64.2 Å². The molecular formula is C23H29N7O4S2. The maximum absolute atomic E-state index is 9.80. The number of aliphatic hydroxyl groups is 1. The molecule has 1 aliphatic rings. The Kier molecular flexibility index (Phi) is 8.14. The van der Waals surface area contributed by atoms with Crippen LogP contribution in [0.1, 0.15) is 37.1 Å². The van der Waals surface area contributed by atoms with Crippen LogP contribution in [0.4, 0.5) is 16.8 Å². The monoisotopic (exact) mass is 531 g/mol. The minimum Gasteiger partial charge on any atom is -0.393 e. The molecule has 11 nitrogen and oxygen atoms in total. The highest BCUT2D eigenvalue weighted by atomic mass is 32.2. The first-order valence-electron chi connectivity index (χ1n) is 11.5. The molecule has 0 saturated heterocycles. The summed E-state index contributed by atoms with van der Waals surface area (Å²) < 4.78 is 28.0. The number of aryl methyl sites for hydroxylation is 1. The van der Waals surface area contributed by atoms with Gasteiger partial charge < -0.3 is 20.3 Å². The molecule has 4 N–H and O–H groups in total. The predicted octanol–water partition coefficient (Wildman–Crippen LogP) is 3.60. The van der Waals surface area contributed by atoms with E-state index in [4.69, 9.17) is 9.54 Å². The zero-order valence-electron chi connectivity index (χ0n) is 20.0. The number of fused-ring (bicyclic) bond motifs is 1. The van der Waals surface area contributed by atoms with E-state index in [-0.39, 0.29) is 6.10 Å². The van der Waals surface area contributed by atoms with Crippen molar-refractivity contribution in [3.05, 3.63) is 54.2 Å². The Morgan fingerprint density at radius 2 is 1.83 bits per heavy atom. The van der Waals surface area contributed by atoms with Crippen LogP contribution in [0.2, 0.25) is 0 Å². The van der Waals surface area contributed by atoms with E-state index in [9.17, 15) is 13.5 Å². The number of hydrogen-bond donors (Lipinski definition) is 4. The lowest BCUT2D eigenvalue weighted by Gasteiger charge is -2.27. The second-order valence-electron chi connectivity index (χ2n) is 8.70. The van der Waals surface area contributed by atoms with Crippen LogP contribution in [0.15, 0.2) is 42.9 Å². The fraction of sp³-hybridized carbons (Fsp3) is 0.391. The molecule has 4 aromatic rings. The highest BCUT2D eigenvalue weighted by molar-refractivity contribution is 7.85. The molecule has 0 aromatic carbocycles. The fourth-order valence-corrected chi connectivity index (χ4v) is 4.76. The minimum atomic E-state index is -3.67. The Labute approximate surface area is 213 Å². The summed E-state index contributed by atoms with van der Waals surface area (Å²) in [7, 11) is -3.67. The average molecular weight is 532 g/mol. The number of anilines is 3. The lowest BCUT2D eigenvalue weighted by Crippen LogP contribution is -2.28. The van der Waals surface area contributed by atoms with Gasteiger partial charge in [-0.25, -0.2) is 19.9 Å². The topological polar surface area (TPSA) is 155 Å². The molecule has 0 unspecified atom stereocenters. The van der Waals surface area contributed by atoms with Gasteiger partial charge in [-0.1, -0.05) is 11.3 Å². The smallest absolute Gasteiger partial charge is 0.261 e. The number of nitrogens with one attached hydrogen (secondary N) is 2. The van der Waals surface area contributed by atoms with E-state index in [1.54, 1.807) is 6.20 Å². The number of nitrogens with zero attached hydrogens (tertiary/aromatic N) is 5. The molecule has 0 radical (unpaired) electrons. The first kappa shape index (κ1) is 25.9. The van der Waals surface area contributed by atoms with Crippen molar-refractivity contribution in [2.24, 2.45) is 0 Å². The second kappa shape index (κ2) is 11.3. The molecule has 1 aliphatic carbocycles. The summed E-state index contributed by atoms with van der Waals surface area (Å²) in [5.41, 5.74) is 2.00. The molecule has 0 spiro atoms. The third-order valence-electron chi connectivity index (χ3n) is 5.61. The van der Waals surface area contributed by atoms with Gasteiger partial charge in [-0.05, 0) is 62.4 Å². The molecule has 1 saturated carbocycles. The van der Waals surface area contributed by atoms with Crippen molar-refractivity contribution in [3.63, 3.8) is 0 Å². The van der Waals surface area contributed by atoms with Crippen LogP contribution < -0.4 is 10.6 Å². The van der Waals surface area contributed by atoms with E-state index in [0.29, 0.717) is 18.8 Å². The minimum absolute atomic E-state index is 0.175. The summed E-state index contributed by atoms with van der Waals surface area (Å²) >= 11 is 1.51. The Bertz CT molecular complexity index is 1370. The Morgan fingerprint density at radius 3 is 2.50 bits per heavy atom. The zero-order chi connectivity index (χ0) is 25.7. The van der Waals surface area contributed by atoms with E-state index < -0.39 is 10.1 Å². The Balaban J connectivity index is 0.000000556. The van der Waals surface area contributed by atoms with E-state index in [1.807, 2.05) is 31.5 Å². The SMILES string of the molecule is CS(=O)(=O)O.Cc1nccn1Cc1cc(Nc2nc3cccnc3s2)nc(NC2CCC(O)CC2)c1. The molecule has 1 fully saturated rings. The lowest BCUT2D eigenvalue weighted by molar-refractivity contribution is 0.126. The molecule has 5 rings (SSSR count). The van der Waals surface area contributed by atoms with Gasteiger partial charge in [-0.3, -0.25) is 4.55 Å². The summed E-state index contributed by atoms with van der Waals surface area (Å²) in [4.78, 5) is 19.0. The lowest BCUT2D eigenvalue weighted by atomic mass is 9.93. The largest absolute Gasteiger partial charge is 0.393 e. The van der Waals surface area contributed by atoms with Gasteiger partial charge in [0.05, 0.1) is 12.4 Å². The van der Waals surface area contributed by atoms with Crippen molar-refractivity contribution in [1.82, 2.24) is 24.5 Å². The normalized spacial score (nSPS) is 17.9. The molecule has 192 valence electrons. The van der Waals surface area contributed by atoms with Gasteiger partial charge in [0.1, 0.15) is 27.8 Å². The van der Waals surface area contributed by atoms with E-state index >= 15 is 0 Å². The summed E-state index contributed by atoms with van der Waals surface area (Å²) in [6.45, 7) is 2.71. The van der Waals surface area contributed by atoms with Gasteiger partial charge >= 0.3 is 0 Å². The van der Waals surface area contributed by atoms with Crippen LogP contribution in [0.5, 0.6) is 0 Å². The maximum atomic E-state index is 9.80. The van der Waals surface area contributed by atoms with E-state index in [2.05, 4.69) is 42.3 Å². The predicted molar refractivity (Wildman–Crippen MR) is 140 cm³/mol. The third kappa shape index (κ3) is 7.68. The molecule has 13 heteroatoms. The molecule has 4 heterocycles. The molecule has 36 heavy (non-hydrogen) atoms. The van der Waals surface area contributed by atoms with Gasteiger partial charge in [0, 0.05) is 31.2 Å². The number of hydrogen-bond acceptors (Lipinski definition) is 10. The summed E-state index contributed by atoms with van der Waals surface area (Å²) in [6, 6.07) is 8.31. The number of aromatic nitrogens is 5. The molecule has 0 atom stereocenters. The van der Waals surface area contributed by atoms with Crippen molar-refractivity contribution in [1.29, 1.82) is 0 Å². The van der Waals surface area contributed by atoms with Crippen molar-refractivity contribution in [2.75, 3.05) is 16.9 Å². The van der Waals surface area contributed by atoms with Gasteiger partial charge in [0.2, 0.25) is 0 Å². The summed E-state index contributed by atoms with van der Waals surface area (Å²) in [5.74, 6) is 2.55. The molecular weight excluding hydrogens is 502 g/mol. The van der Waals surface area contributed by atoms with Crippen LogP contribution in [0.25, 0.3) is 10.3 Å². The van der Waals surface area contributed by atoms with Crippen molar-refractivity contribution in [3.8, 4) is 0 Å². The van der Waals surface area contributed by atoms with Gasteiger partial charge in [0.15, 0.2) is 5.13 Å². The Morgan fingerprint density at radius 1 is 1.11 bits per heavy atom. The van der Waals surface area contributed by atoms with E-state index in [1.165, 1.54) is 11.3 Å². The molecule has 0 aliphatic heterocycles. The molecule has 4 aromatic heterocycles. The number of rotatable bonds is 6. The van der Waals surface area contributed by atoms with Crippen LogP contribution in [-0.2, 0) is 16.7 Å². The summed E-state index contributed by atoms with van der Waals surface area (Å²) in [5, 5.41) is 17.5. The van der Waals surface area contributed by atoms with Crippen molar-refractivity contribution >= 4 is 48.6 Å². The highest BCUT2D eigenvalue weighted by Crippen LogP contribution is 2.28. The first-order valence-corrected chi connectivity index (χ1v) is 14.1. The number of imidazole rings is 1. The van der Waals surface area contributed by atoms with Crippen LogP contribution in [0.3, 0.4) is 0 Å². The molecule has 0 bridgehead atoms. The highest BCUT2D eigenvalue weighted by Gasteiger charge is 2.20. The van der Waals surface area contributed by atoms with Gasteiger partial charge in [-0.15, -0.1) is 0 Å². The number of thiazole rings is 1. The first-order chi connectivity index (χ1) is 17.1. The third-order valence-corrected chi connectivity index (χ3v) is 6.51. The van der Waals surface area contributed by atoms with Gasteiger partial charge in [0.25, 0.3) is 10.1 Å². The number of aliphatic hydroxyl groups excluding tert-OH is 1. The van der Waals surface area contributed by atoms with Crippen LogP contribution >= 0.6 is 11.3 Å². The zero-order valence-corrected chi connectivity index (χ0v) is 21.6. The Hall–Kier alpha value is -3.13. The van der Waals surface area contributed by atoms with Gasteiger partial charge in [-0.2, -0.15) is 8.42 Å². The standard InChI is InChI=1S/C22H25N7OS.CH4O3S/c1-14-23-9-10-29(14)13-15-11-19(25-16-4-6-17(30)7-5-16)27-20(12-15)28-22-26-18-3-2-8-24-21(18)31-22;1-5(2,3)4/h2-3,8-12,16-17,30H,4-7,13H2,1H3,(H2,25,26,27,28);1H3,(H,2,3,4). The quantitative estimate of drug-likeness (QED) is 0.271. The van der Waals surface area contributed by atoms with Crippen LogP contribution in [0, 0.1) is 6.92 Å².